The highest BCUT2D eigenvalue weighted by molar-refractivity contribution is 6.33. The first-order chi connectivity index (χ1) is 13.2. The molecule has 1 aromatic carbocycles. The molecule has 0 saturated carbocycles. The number of carbonyl (C=O) groups excluding carboxylic acids is 1. The maximum absolute atomic E-state index is 12.7. The quantitative estimate of drug-likeness (QED) is 0.634. The molecule has 0 aliphatic carbocycles. The number of rotatable bonds is 3. The average Bonchev–Trinajstić information content (AvgIpc) is 2.60. The first-order valence-electron chi connectivity index (χ1n) is 7.95. The summed E-state index contributed by atoms with van der Waals surface area (Å²) in [6.45, 7) is 2.11. The van der Waals surface area contributed by atoms with Gasteiger partial charge in [0.15, 0.2) is 0 Å². The average molecular weight is 413 g/mol. The minimum atomic E-state index is -4.61. The number of pyridine rings is 1. The molecule has 0 spiro atoms. The molecule has 3 aromatic rings. The van der Waals surface area contributed by atoms with Gasteiger partial charge in [0.1, 0.15) is 11.3 Å². The van der Waals surface area contributed by atoms with Crippen LogP contribution in [0, 0.1) is 0 Å². The van der Waals surface area contributed by atoms with Gasteiger partial charge in [0.2, 0.25) is 0 Å². The monoisotopic (exact) mass is 412 g/mol. The number of nitrogens with one attached hydrogen (secondary N) is 1. The second-order valence-corrected chi connectivity index (χ2v) is 6.03. The van der Waals surface area contributed by atoms with Gasteiger partial charge in [-0.15, -0.1) is 0 Å². The number of aromatic nitrogens is 1. The van der Waals surface area contributed by atoms with Crippen LogP contribution in [0.5, 0.6) is 5.75 Å². The van der Waals surface area contributed by atoms with E-state index >= 15 is 0 Å². The van der Waals surface area contributed by atoms with Gasteiger partial charge in [0, 0.05) is 24.2 Å². The summed E-state index contributed by atoms with van der Waals surface area (Å²) in [7, 11) is 0. The van der Waals surface area contributed by atoms with Crippen LogP contribution in [0.1, 0.15) is 12.5 Å². The minimum Gasteiger partial charge on any atom is -0.422 e. The smallest absolute Gasteiger partial charge is 0.417 e. The Morgan fingerprint density at radius 2 is 2.04 bits per heavy atom. The molecule has 0 atom stereocenters. The highest BCUT2D eigenvalue weighted by atomic mass is 35.5. The summed E-state index contributed by atoms with van der Waals surface area (Å²) in [6.07, 6.45) is -4.68. The van der Waals surface area contributed by atoms with E-state index in [1.807, 2.05) is 0 Å². The van der Waals surface area contributed by atoms with Gasteiger partial charge < -0.3 is 14.5 Å². The molecule has 2 heterocycles. The molecule has 1 amide bonds. The number of benzene rings is 1. The zero-order valence-electron chi connectivity index (χ0n) is 14.3. The van der Waals surface area contributed by atoms with Crippen molar-refractivity contribution in [2.45, 2.75) is 13.1 Å². The summed E-state index contributed by atoms with van der Waals surface area (Å²) in [5.74, 6) is 0.153. The van der Waals surface area contributed by atoms with E-state index < -0.39 is 23.5 Å². The molecular weight excluding hydrogens is 401 g/mol. The van der Waals surface area contributed by atoms with Gasteiger partial charge in [-0.25, -0.2) is 9.59 Å². The van der Waals surface area contributed by atoms with Crippen LogP contribution < -0.4 is 15.7 Å². The van der Waals surface area contributed by atoms with Crippen molar-refractivity contribution in [3.05, 3.63) is 57.5 Å². The number of alkyl halides is 3. The highest BCUT2D eigenvalue weighted by Gasteiger charge is 2.32. The second kappa shape index (κ2) is 7.51. The molecule has 0 bridgehead atoms. The van der Waals surface area contributed by atoms with Gasteiger partial charge in [-0.1, -0.05) is 11.6 Å². The number of hydrogen-bond acceptors (Lipinski definition) is 5. The van der Waals surface area contributed by atoms with Gasteiger partial charge >= 0.3 is 17.9 Å². The number of fused-ring (bicyclic) bond motifs is 1. The predicted octanol–water partition coefficient (Wildman–Crippen LogP) is 4.64. The summed E-state index contributed by atoms with van der Waals surface area (Å²) in [5, 5.41) is 2.55. The predicted molar refractivity (Wildman–Crippen MR) is 95.4 cm³/mol. The molecule has 0 radical (unpaired) electrons. The summed E-state index contributed by atoms with van der Waals surface area (Å²) in [6, 6.07) is 6.42. The lowest BCUT2D eigenvalue weighted by Crippen LogP contribution is -2.26. The van der Waals surface area contributed by atoms with E-state index in [1.54, 1.807) is 6.92 Å². The molecule has 3 rings (SSSR count). The number of carbonyl (C=O) groups is 1. The lowest BCUT2D eigenvalue weighted by molar-refractivity contribution is -0.137. The maximum Gasteiger partial charge on any atom is 0.417 e. The Balaban J connectivity index is 2.01. The van der Waals surface area contributed by atoms with Gasteiger partial charge in [0.25, 0.3) is 0 Å². The van der Waals surface area contributed by atoms with E-state index in [0.717, 1.165) is 0 Å². The molecule has 146 valence electrons. The largest absolute Gasteiger partial charge is 0.422 e. The Bertz CT molecular complexity index is 1110. The van der Waals surface area contributed by atoms with E-state index in [0.29, 0.717) is 24.2 Å². The number of amides is 1. The second-order valence-electron chi connectivity index (χ2n) is 5.62. The van der Waals surface area contributed by atoms with Crippen LogP contribution in [0.3, 0.4) is 0 Å². The third-order valence-electron chi connectivity index (χ3n) is 3.66. The minimum absolute atomic E-state index is 0.0939. The third kappa shape index (κ3) is 4.09. The van der Waals surface area contributed by atoms with Crippen LogP contribution >= 0.6 is 11.6 Å². The van der Waals surface area contributed by atoms with E-state index in [9.17, 15) is 22.8 Å². The van der Waals surface area contributed by atoms with Crippen LogP contribution in [0.4, 0.5) is 18.0 Å². The fraction of sp³-hybridized carbons (Fsp3) is 0.167. The van der Waals surface area contributed by atoms with Gasteiger partial charge in [0.05, 0.1) is 21.8 Å². The van der Waals surface area contributed by atoms with Crippen LogP contribution in [0.15, 0.2) is 45.7 Å². The van der Waals surface area contributed by atoms with Crippen LogP contribution in [0.2, 0.25) is 5.02 Å². The van der Waals surface area contributed by atoms with E-state index in [4.69, 9.17) is 20.8 Å². The van der Waals surface area contributed by atoms with Crippen LogP contribution in [0.25, 0.3) is 22.2 Å². The van der Waals surface area contributed by atoms with Crippen molar-refractivity contribution >= 4 is 28.7 Å². The van der Waals surface area contributed by atoms with E-state index in [2.05, 4.69) is 10.3 Å². The Hall–Kier alpha value is -3.07. The van der Waals surface area contributed by atoms with Crippen molar-refractivity contribution in [1.82, 2.24) is 10.3 Å². The van der Waals surface area contributed by atoms with Crippen molar-refractivity contribution in [2.24, 2.45) is 0 Å². The van der Waals surface area contributed by atoms with Crippen molar-refractivity contribution in [1.29, 1.82) is 0 Å². The Labute approximate surface area is 160 Å². The Kier molecular flexibility index (Phi) is 5.28. The Morgan fingerprint density at radius 1 is 1.29 bits per heavy atom. The van der Waals surface area contributed by atoms with E-state index in [-0.39, 0.29) is 27.6 Å². The zero-order valence-corrected chi connectivity index (χ0v) is 15.0. The summed E-state index contributed by atoms with van der Waals surface area (Å²) in [4.78, 5) is 27.4. The molecule has 0 aliphatic rings. The van der Waals surface area contributed by atoms with Crippen LogP contribution in [-0.2, 0) is 6.18 Å². The van der Waals surface area contributed by atoms with Gasteiger partial charge in [-0.05, 0) is 31.2 Å². The zero-order chi connectivity index (χ0) is 20.5. The van der Waals surface area contributed by atoms with Crippen molar-refractivity contribution in [2.75, 3.05) is 6.54 Å². The topological polar surface area (TPSA) is 81.4 Å². The molecule has 10 heteroatoms. The molecule has 0 fully saturated rings. The highest BCUT2D eigenvalue weighted by Crippen LogP contribution is 2.34. The normalized spacial score (nSPS) is 11.5. The van der Waals surface area contributed by atoms with Gasteiger partial charge in [-0.3, -0.25) is 4.98 Å². The molecule has 28 heavy (non-hydrogen) atoms. The summed E-state index contributed by atoms with van der Waals surface area (Å²) < 4.78 is 48.5. The molecular formula is C18H12ClF3N2O4. The van der Waals surface area contributed by atoms with Crippen LogP contribution in [-0.4, -0.2) is 17.6 Å². The Morgan fingerprint density at radius 3 is 2.68 bits per heavy atom. The molecule has 0 aliphatic heterocycles. The number of ether oxygens (including phenoxy) is 1. The summed E-state index contributed by atoms with van der Waals surface area (Å²) in [5.41, 5.74) is -1.98. The third-order valence-corrected chi connectivity index (χ3v) is 3.95. The standard InChI is InChI=1S/C18H12ClF3N2O4/c1-2-23-17(26)27-11-4-3-9-5-12(16(25)28-14(9)7-11)15-13(19)6-10(8-24-15)18(20,21)22/h3-8H,2H2,1H3,(H,23,26). The van der Waals surface area contributed by atoms with Crippen molar-refractivity contribution in [3.8, 4) is 17.0 Å². The summed E-state index contributed by atoms with van der Waals surface area (Å²) >= 11 is 5.90. The molecule has 0 unspecified atom stereocenters. The number of halogens is 4. The first kappa shape index (κ1) is 19.7. The molecule has 0 saturated heterocycles. The fourth-order valence-corrected chi connectivity index (χ4v) is 2.67. The van der Waals surface area contributed by atoms with Crippen molar-refractivity contribution < 1.29 is 27.1 Å². The SMILES string of the molecule is CCNC(=O)Oc1ccc2cc(-c3ncc(C(F)(F)F)cc3Cl)c(=O)oc2c1. The van der Waals surface area contributed by atoms with Crippen molar-refractivity contribution in [3.63, 3.8) is 0 Å². The first-order valence-corrected chi connectivity index (χ1v) is 8.33. The molecule has 1 N–H and O–H groups in total. The van der Waals surface area contributed by atoms with E-state index in [1.165, 1.54) is 24.3 Å². The molecule has 2 aromatic heterocycles. The lowest BCUT2D eigenvalue weighted by atomic mass is 10.1. The maximum atomic E-state index is 12.7. The van der Waals surface area contributed by atoms with Gasteiger partial charge in [-0.2, -0.15) is 13.2 Å². The lowest BCUT2D eigenvalue weighted by Gasteiger charge is -2.09. The number of nitrogens with zero attached hydrogens (tertiary/aromatic N) is 1. The number of hydrogen-bond donors (Lipinski definition) is 1. The molecule has 6 nitrogen and oxygen atoms in total. The fourth-order valence-electron chi connectivity index (χ4n) is 2.40.